The number of carboxylic acids is 1. The molecule has 0 bridgehead atoms. The van der Waals surface area contributed by atoms with Gasteiger partial charge in [-0.2, -0.15) is 0 Å². The number of nitrogens with one attached hydrogen (secondary N) is 2. The second kappa shape index (κ2) is 7.68. The summed E-state index contributed by atoms with van der Waals surface area (Å²) in [5, 5.41) is 26.6. The summed E-state index contributed by atoms with van der Waals surface area (Å²) in [5.41, 5.74) is 1.39. The molecule has 0 aliphatic rings. The third-order valence-electron chi connectivity index (χ3n) is 3.91. The van der Waals surface area contributed by atoms with Gasteiger partial charge in [0.1, 0.15) is 16.8 Å². The minimum atomic E-state index is -1.36. The average Bonchev–Trinajstić information content (AvgIpc) is 3.00. The predicted molar refractivity (Wildman–Crippen MR) is 103 cm³/mol. The van der Waals surface area contributed by atoms with Crippen molar-refractivity contribution in [1.82, 2.24) is 9.97 Å². The molecule has 1 atom stereocenters. The minimum absolute atomic E-state index is 0.0493. The molecule has 4 N–H and O–H groups in total. The molecule has 0 unspecified atom stereocenters. The molecule has 0 aliphatic carbocycles. The monoisotopic (exact) mass is 386 g/mol. The Kier molecular flexibility index (Phi) is 5.33. The van der Waals surface area contributed by atoms with E-state index in [9.17, 15) is 14.7 Å². The van der Waals surface area contributed by atoms with Gasteiger partial charge in [-0.1, -0.05) is 29.0 Å². The lowest BCUT2D eigenvalue weighted by Gasteiger charge is -2.13. The van der Waals surface area contributed by atoms with Crippen molar-refractivity contribution in [2.75, 3.05) is 17.2 Å². The molecule has 2 aromatic heterocycles. The van der Waals surface area contributed by atoms with Crippen LogP contribution in [0.2, 0.25) is 0 Å². The van der Waals surface area contributed by atoms with Crippen LogP contribution >= 0.6 is 11.3 Å². The number of fused-ring (bicyclic) bond motifs is 1. The normalized spacial score (nSPS) is 12.0. The van der Waals surface area contributed by atoms with Crippen molar-refractivity contribution < 1.29 is 19.8 Å². The number of carboxylic acid groups (broad SMARTS) is 1. The number of aryl methyl sites for hydroxylation is 2. The Morgan fingerprint density at radius 3 is 2.74 bits per heavy atom. The van der Waals surface area contributed by atoms with Gasteiger partial charge in [0.05, 0.1) is 12.2 Å². The number of carbonyl (C=O) groups is 2. The van der Waals surface area contributed by atoms with E-state index in [1.54, 1.807) is 13.1 Å². The summed E-state index contributed by atoms with van der Waals surface area (Å²) < 4.78 is 0. The van der Waals surface area contributed by atoms with Gasteiger partial charge >= 0.3 is 5.97 Å². The van der Waals surface area contributed by atoms with Crippen LogP contribution in [0.4, 0.5) is 10.9 Å². The van der Waals surface area contributed by atoms with E-state index in [4.69, 9.17) is 5.11 Å². The molecule has 1 aromatic carbocycles. The molecule has 3 rings (SSSR count). The number of carbonyl (C=O) groups excluding carboxylic acids is 1. The minimum Gasteiger partial charge on any atom is -0.477 e. The average molecular weight is 386 g/mol. The lowest BCUT2D eigenvalue weighted by atomic mass is 10.1. The summed E-state index contributed by atoms with van der Waals surface area (Å²) in [5.74, 6) is -1.21. The highest BCUT2D eigenvalue weighted by atomic mass is 32.1. The van der Waals surface area contributed by atoms with Gasteiger partial charge in [0.2, 0.25) is 0 Å². The number of aromatic carboxylic acids is 1. The van der Waals surface area contributed by atoms with E-state index >= 15 is 0 Å². The van der Waals surface area contributed by atoms with E-state index in [-0.39, 0.29) is 16.6 Å². The first-order chi connectivity index (χ1) is 12.8. The van der Waals surface area contributed by atoms with Crippen molar-refractivity contribution in [3.63, 3.8) is 0 Å². The molecule has 27 heavy (non-hydrogen) atoms. The topological polar surface area (TPSA) is 124 Å². The SMILES string of the molecule is Cc1ccc2ccnc(NC[C@@H](O)C(=O)Nc3nc(C)c(C(=O)O)s3)c2c1. The van der Waals surface area contributed by atoms with Crippen molar-refractivity contribution in [2.45, 2.75) is 20.0 Å². The highest BCUT2D eigenvalue weighted by Crippen LogP contribution is 2.23. The zero-order valence-electron chi connectivity index (χ0n) is 14.7. The van der Waals surface area contributed by atoms with Crippen molar-refractivity contribution in [3.05, 3.63) is 46.6 Å². The fraction of sp³-hybridized carbons (Fsp3) is 0.222. The first-order valence-electron chi connectivity index (χ1n) is 8.14. The smallest absolute Gasteiger partial charge is 0.347 e. The summed E-state index contributed by atoms with van der Waals surface area (Å²) in [6.45, 7) is 3.46. The van der Waals surface area contributed by atoms with Crippen LogP contribution in [0.15, 0.2) is 30.5 Å². The van der Waals surface area contributed by atoms with Gasteiger partial charge in [-0.05, 0) is 31.4 Å². The van der Waals surface area contributed by atoms with Gasteiger partial charge in [-0.3, -0.25) is 10.1 Å². The standard InChI is InChI=1S/C18H18N4O4S/c1-9-3-4-11-5-6-19-15(12(11)7-9)20-8-13(23)16(24)22-18-21-10(2)14(27-18)17(25)26/h3-7,13,23H,8H2,1-2H3,(H,19,20)(H,25,26)(H,21,22,24)/t13-/m1/s1. The van der Waals surface area contributed by atoms with Crippen LogP contribution in [0, 0.1) is 13.8 Å². The predicted octanol–water partition coefficient (Wildman–Crippen LogP) is 2.42. The Bertz CT molecular complexity index is 1020. The first-order valence-corrected chi connectivity index (χ1v) is 8.95. The molecule has 0 aliphatic heterocycles. The van der Waals surface area contributed by atoms with Crippen molar-refractivity contribution >= 4 is 44.9 Å². The highest BCUT2D eigenvalue weighted by molar-refractivity contribution is 7.17. The third-order valence-corrected chi connectivity index (χ3v) is 4.97. The molecule has 2 heterocycles. The van der Waals surface area contributed by atoms with Gasteiger partial charge in [0.25, 0.3) is 5.91 Å². The fourth-order valence-electron chi connectivity index (χ4n) is 2.55. The molecule has 0 saturated heterocycles. The van der Waals surface area contributed by atoms with Crippen LogP contribution in [0.25, 0.3) is 10.8 Å². The molecule has 9 heteroatoms. The zero-order valence-corrected chi connectivity index (χ0v) is 15.5. The summed E-state index contributed by atoms with van der Waals surface area (Å²) in [4.78, 5) is 31.5. The summed E-state index contributed by atoms with van der Waals surface area (Å²) >= 11 is 0.845. The van der Waals surface area contributed by atoms with Gasteiger partial charge in [0, 0.05) is 11.6 Å². The number of rotatable bonds is 6. The number of thiazole rings is 1. The molecule has 0 radical (unpaired) electrons. The molecule has 3 aromatic rings. The Hall–Kier alpha value is -3.04. The number of aliphatic hydroxyl groups is 1. The number of hydrogen-bond donors (Lipinski definition) is 4. The van der Waals surface area contributed by atoms with Crippen molar-refractivity contribution in [3.8, 4) is 0 Å². The zero-order chi connectivity index (χ0) is 19.6. The van der Waals surface area contributed by atoms with Crippen LogP contribution in [-0.4, -0.2) is 44.7 Å². The van der Waals surface area contributed by atoms with Gasteiger partial charge < -0.3 is 15.5 Å². The molecular weight excluding hydrogens is 368 g/mol. The number of nitrogens with zero attached hydrogens (tertiary/aromatic N) is 2. The highest BCUT2D eigenvalue weighted by Gasteiger charge is 2.20. The van der Waals surface area contributed by atoms with E-state index in [0.717, 1.165) is 27.7 Å². The second-order valence-electron chi connectivity index (χ2n) is 6.01. The number of pyridine rings is 1. The number of aliphatic hydroxyl groups excluding tert-OH is 1. The van der Waals surface area contributed by atoms with Crippen molar-refractivity contribution in [2.24, 2.45) is 0 Å². The Morgan fingerprint density at radius 2 is 2.04 bits per heavy atom. The van der Waals surface area contributed by atoms with E-state index in [2.05, 4.69) is 20.6 Å². The van der Waals surface area contributed by atoms with E-state index in [1.165, 1.54) is 0 Å². The van der Waals surface area contributed by atoms with E-state index in [1.807, 2.05) is 31.2 Å². The molecule has 1 amide bonds. The van der Waals surface area contributed by atoms with Crippen LogP contribution in [0.5, 0.6) is 0 Å². The Labute approximate surface area is 158 Å². The lowest BCUT2D eigenvalue weighted by molar-refractivity contribution is -0.123. The van der Waals surface area contributed by atoms with E-state index in [0.29, 0.717) is 11.5 Å². The maximum absolute atomic E-state index is 12.1. The van der Waals surface area contributed by atoms with Crippen molar-refractivity contribution in [1.29, 1.82) is 0 Å². The Balaban J connectivity index is 1.66. The number of benzene rings is 1. The first kappa shape index (κ1) is 18.7. The fourth-order valence-corrected chi connectivity index (χ4v) is 3.35. The molecule has 0 saturated carbocycles. The Morgan fingerprint density at radius 1 is 1.26 bits per heavy atom. The number of amides is 1. The molecule has 0 fully saturated rings. The van der Waals surface area contributed by atoms with Gasteiger partial charge in [0.15, 0.2) is 5.13 Å². The summed E-state index contributed by atoms with van der Waals surface area (Å²) in [6, 6.07) is 7.83. The molecule has 140 valence electrons. The second-order valence-corrected chi connectivity index (χ2v) is 7.01. The number of aromatic nitrogens is 2. The van der Waals surface area contributed by atoms with Crippen LogP contribution in [-0.2, 0) is 4.79 Å². The van der Waals surface area contributed by atoms with E-state index < -0.39 is 18.0 Å². The van der Waals surface area contributed by atoms with Crippen LogP contribution < -0.4 is 10.6 Å². The van der Waals surface area contributed by atoms with Gasteiger partial charge in [-0.25, -0.2) is 14.8 Å². The van der Waals surface area contributed by atoms with Gasteiger partial charge in [-0.15, -0.1) is 0 Å². The quantitative estimate of drug-likeness (QED) is 0.513. The van der Waals surface area contributed by atoms with Crippen LogP contribution in [0.3, 0.4) is 0 Å². The summed E-state index contributed by atoms with van der Waals surface area (Å²) in [6.07, 6.45) is 0.294. The maximum Gasteiger partial charge on any atom is 0.347 e. The van der Waals surface area contributed by atoms with Crippen LogP contribution in [0.1, 0.15) is 20.9 Å². The molecular formula is C18H18N4O4S. The number of hydrogen-bond acceptors (Lipinski definition) is 7. The molecule has 8 nitrogen and oxygen atoms in total. The lowest BCUT2D eigenvalue weighted by Crippen LogP contribution is -2.33. The molecule has 0 spiro atoms. The number of anilines is 2. The largest absolute Gasteiger partial charge is 0.477 e. The maximum atomic E-state index is 12.1. The summed E-state index contributed by atoms with van der Waals surface area (Å²) in [7, 11) is 0. The third kappa shape index (κ3) is 4.21.